The van der Waals surface area contributed by atoms with Crippen LogP contribution in [0.5, 0.6) is 5.75 Å². The zero-order valence-electron chi connectivity index (χ0n) is 19.7. The van der Waals surface area contributed by atoms with Crippen molar-refractivity contribution >= 4 is 33.4 Å². The third-order valence-electron chi connectivity index (χ3n) is 5.06. The summed E-state index contributed by atoms with van der Waals surface area (Å²) in [6, 6.07) is 19.2. The van der Waals surface area contributed by atoms with E-state index in [1.165, 1.54) is 29.8 Å². The number of hydrogen-bond acceptors (Lipinski definition) is 5. The second kappa shape index (κ2) is 12.6. The molecule has 3 aromatic carbocycles. The van der Waals surface area contributed by atoms with Crippen molar-refractivity contribution in [3.63, 3.8) is 0 Å². The number of ether oxygens (including phenoxy) is 1. The molecule has 0 radical (unpaired) electrons. The van der Waals surface area contributed by atoms with Crippen LogP contribution >= 0.6 is 11.8 Å². The molecular weight excluding hydrogens is 487 g/mol. The average Bonchev–Trinajstić information content (AvgIpc) is 2.85. The lowest BCUT2D eigenvalue weighted by molar-refractivity contribution is -0.119. The van der Waals surface area contributed by atoms with Crippen LogP contribution < -0.4 is 14.4 Å². The first-order valence-corrected chi connectivity index (χ1v) is 13.7. The highest BCUT2D eigenvalue weighted by Crippen LogP contribution is 2.25. The van der Waals surface area contributed by atoms with Crippen LogP contribution in [0.1, 0.15) is 18.9 Å². The largest absolute Gasteiger partial charge is 0.494 e. The van der Waals surface area contributed by atoms with Gasteiger partial charge >= 0.3 is 0 Å². The SMILES string of the molecule is CCOc1ccc(S(=O)(=O)N(CC(=O)NCCCSc2ccc(C)cc2)c2ccc(F)cc2)cc1. The quantitative estimate of drug-likeness (QED) is 0.270. The van der Waals surface area contributed by atoms with Gasteiger partial charge in [0.2, 0.25) is 5.91 Å². The van der Waals surface area contributed by atoms with Crippen LogP contribution in [0.3, 0.4) is 0 Å². The van der Waals surface area contributed by atoms with Gasteiger partial charge in [-0.2, -0.15) is 0 Å². The molecule has 0 aliphatic heterocycles. The predicted molar refractivity (Wildman–Crippen MR) is 138 cm³/mol. The second-order valence-electron chi connectivity index (χ2n) is 7.76. The number of nitrogens with zero attached hydrogens (tertiary/aromatic N) is 1. The van der Waals surface area contributed by atoms with E-state index >= 15 is 0 Å². The first-order valence-electron chi connectivity index (χ1n) is 11.3. The number of carbonyl (C=O) groups is 1. The van der Waals surface area contributed by atoms with Gasteiger partial charge in [0.25, 0.3) is 10.0 Å². The molecule has 35 heavy (non-hydrogen) atoms. The highest BCUT2D eigenvalue weighted by molar-refractivity contribution is 7.99. The Morgan fingerprint density at radius 2 is 1.66 bits per heavy atom. The Hall–Kier alpha value is -3.04. The summed E-state index contributed by atoms with van der Waals surface area (Å²) in [5, 5.41) is 2.79. The van der Waals surface area contributed by atoms with E-state index in [2.05, 4.69) is 29.6 Å². The normalized spacial score (nSPS) is 11.2. The minimum absolute atomic E-state index is 0.00701. The molecule has 0 unspecified atom stereocenters. The number of aryl methyl sites for hydroxylation is 1. The molecule has 0 bridgehead atoms. The fourth-order valence-electron chi connectivity index (χ4n) is 3.23. The molecule has 0 spiro atoms. The fourth-order valence-corrected chi connectivity index (χ4v) is 5.51. The van der Waals surface area contributed by atoms with E-state index in [1.807, 2.05) is 13.8 Å². The van der Waals surface area contributed by atoms with Crippen LogP contribution in [0.15, 0.2) is 82.6 Å². The standard InChI is InChI=1S/C26H29FN2O4S2/c1-3-33-23-11-15-25(16-12-23)35(31,32)29(22-9-7-21(27)8-10-22)19-26(30)28-17-4-18-34-24-13-5-20(2)6-14-24/h5-16H,3-4,17-19H2,1-2H3,(H,28,30). The van der Waals surface area contributed by atoms with Gasteiger partial charge in [-0.3, -0.25) is 9.10 Å². The summed E-state index contributed by atoms with van der Waals surface area (Å²) in [7, 11) is -4.08. The highest BCUT2D eigenvalue weighted by Gasteiger charge is 2.27. The lowest BCUT2D eigenvalue weighted by Crippen LogP contribution is -2.41. The molecule has 1 N–H and O–H groups in total. The molecule has 3 rings (SSSR count). The maximum atomic E-state index is 13.5. The number of nitrogens with one attached hydrogen (secondary N) is 1. The summed E-state index contributed by atoms with van der Waals surface area (Å²) in [4.78, 5) is 13.8. The van der Waals surface area contributed by atoms with Gasteiger partial charge in [-0.15, -0.1) is 11.8 Å². The predicted octanol–water partition coefficient (Wildman–Crippen LogP) is 5.03. The lowest BCUT2D eigenvalue weighted by atomic mass is 10.2. The number of amides is 1. The van der Waals surface area contributed by atoms with E-state index in [1.54, 1.807) is 23.9 Å². The van der Waals surface area contributed by atoms with Gasteiger partial charge in [0, 0.05) is 11.4 Å². The molecule has 0 aromatic heterocycles. The number of hydrogen-bond donors (Lipinski definition) is 1. The maximum Gasteiger partial charge on any atom is 0.264 e. The Labute approximate surface area is 210 Å². The lowest BCUT2D eigenvalue weighted by Gasteiger charge is -2.24. The van der Waals surface area contributed by atoms with Gasteiger partial charge in [-0.25, -0.2) is 12.8 Å². The molecule has 1 amide bonds. The third kappa shape index (κ3) is 7.73. The molecule has 3 aromatic rings. The first kappa shape index (κ1) is 26.6. The minimum atomic E-state index is -4.08. The third-order valence-corrected chi connectivity index (χ3v) is 7.94. The zero-order valence-corrected chi connectivity index (χ0v) is 21.4. The van der Waals surface area contributed by atoms with E-state index in [0.717, 1.165) is 33.5 Å². The van der Waals surface area contributed by atoms with Gasteiger partial charge in [0.05, 0.1) is 17.2 Å². The summed E-state index contributed by atoms with van der Waals surface area (Å²) in [5.41, 5.74) is 1.40. The van der Waals surface area contributed by atoms with Crippen molar-refractivity contribution in [3.8, 4) is 5.75 Å². The molecule has 9 heteroatoms. The van der Waals surface area contributed by atoms with Gasteiger partial charge in [-0.05, 0) is 86.7 Å². The van der Waals surface area contributed by atoms with Crippen LogP contribution in [0.25, 0.3) is 0 Å². The summed E-state index contributed by atoms with van der Waals surface area (Å²) in [6.07, 6.45) is 0.729. The number of rotatable bonds is 12. The fraction of sp³-hybridized carbons (Fsp3) is 0.269. The number of sulfonamides is 1. The zero-order chi connectivity index (χ0) is 25.3. The summed E-state index contributed by atoms with van der Waals surface area (Å²) < 4.78 is 46.6. The Morgan fingerprint density at radius 3 is 2.29 bits per heavy atom. The molecule has 0 atom stereocenters. The summed E-state index contributed by atoms with van der Waals surface area (Å²) in [5.74, 6) is 0.420. The van der Waals surface area contributed by atoms with Crippen molar-refractivity contribution in [2.75, 3.05) is 29.8 Å². The van der Waals surface area contributed by atoms with E-state index < -0.39 is 28.3 Å². The van der Waals surface area contributed by atoms with Crippen molar-refractivity contribution in [1.82, 2.24) is 5.32 Å². The second-order valence-corrected chi connectivity index (χ2v) is 10.8. The molecule has 0 fully saturated rings. The van der Waals surface area contributed by atoms with Gasteiger partial charge in [0.15, 0.2) is 0 Å². The molecule has 0 heterocycles. The molecule has 0 aliphatic rings. The Balaban J connectivity index is 1.64. The van der Waals surface area contributed by atoms with E-state index in [4.69, 9.17) is 4.74 Å². The number of halogens is 1. The molecule has 0 saturated heterocycles. The van der Waals surface area contributed by atoms with Crippen LogP contribution in [0, 0.1) is 12.7 Å². The topological polar surface area (TPSA) is 75.7 Å². The molecule has 0 saturated carbocycles. The van der Waals surface area contributed by atoms with Crippen LogP contribution in [-0.2, 0) is 14.8 Å². The Kier molecular flexibility index (Phi) is 9.56. The smallest absolute Gasteiger partial charge is 0.264 e. The highest BCUT2D eigenvalue weighted by atomic mass is 32.2. The van der Waals surface area contributed by atoms with Crippen LogP contribution in [0.2, 0.25) is 0 Å². The Morgan fingerprint density at radius 1 is 1.00 bits per heavy atom. The molecular formula is C26H29FN2O4S2. The molecule has 0 aliphatic carbocycles. The molecule has 6 nitrogen and oxygen atoms in total. The monoisotopic (exact) mass is 516 g/mol. The average molecular weight is 517 g/mol. The van der Waals surface area contributed by atoms with Crippen LogP contribution in [-0.4, -0.2) is 39.8 Å². The van der Waals surface area contributed by atoms with Crippen LogP contribution in [0.4, 0.5) is 10.1 Å². The van der Waals surface area contributed by atoms with Crippen molar-refractivity contribution in [1.29, 1.82) is 0 Å². The van der Waals surface area contributed by atoms with E-state index in [9.17, 15) is 17.6 Å². The van der Waals surface area contributed by atoms with Crippen molar-refractivity contribution < 1.29 is 22.3 Å². The van der Waals surface area contributed by atoms with Crippen molar-refractivity contribution in [2.45, 2.75) is 30.1 Å². The van der Waals surface area contributed by atoms with Crippen molar-refractivity contribution in [3.05, 3.63) is 84.2 Å². The van der Waals surface area contributed by atoms with E-state index in [-0.39, 0.29) is 10.6 Å². The molecule has 186 valence electrons. The van der Waals surface area contributed by atoms with Gasteiger partial charge in [0.1, 0.15) is 18.1 Å². The van der Waals surface area contributed by atoms with Crippen molar-refractivity contribution in [2.24, 2.45) is 0 Å². The number of thioether (sulfide) groups is 1. The number of carbonyl (C=O) groups excluding carboxylic acids is 1. The maximum absolute atomic E-state index is 13.5. The summed E-state index contributed by atoms with van der Waals surface area (Å²) in [6.45, 7) is 4.32. The summed E-state index contributed by atoms with van der Waals surface area (Å²) >= 11 is 1.70. The minimum Gasteiger partial charge on any atom is -0.494 e. The number of benzene rings is 3. The van der Waals surface area contributed by atoms with Gasteiger partial charge < -0.3 is 10.1 Å². The van der Waals surface area contributed by atoms with Gasteiger partial charge in [-0.1, -0.05) is 17.7 Å². The number of anilines is 1. The van der Waals surface area contributed by atoms with E-state index in [0.29, 0.717) is 18.9 Å². The Bertz CT molecular complexity index is 1200. The first-order chi connectivity index (χ1) is 16.8.